The van der Waals surface area contributed by atoms with Gasteiger partial charge in [-0.25, -0.2) is 0 Å². The van der Waals surface area contributed by atoms with E-state index in [9.17, 15) is 14.7 Å². The van der Waals surface area contributed by atoms with Gasteiger partial charge in [0.1, 0.15) is 5.76 Å². The smallest absolute Gasteiger partial charge is 0.326 e. The zero-order valence-corrected chi connectivity index (χ0v) is 8.40. The Labute approximate surface area is 86.5 Å². The van der Waals surface area contributed by atoms with Crippen molar-refractivity contribution in [3.05, 3.63) is 35.1 Å². The van der Waals surface area contributed by atoms with Crippen molar-refractivity contribution in [2.75, 3.05) is 7.11 Å². The van der Waals surface area contributed by atoms with Crippen LogP contribution in [0.5, 0.6) is 0 Å². The van der Waals surface area contributed by atoms with E-state index in [1.54, 1.807) is 18.2 Å². The average molecular weight is 206 g/mol. The van der Waals surface area contributed by atoms with Crippen molar-refractivity contribution in [3.8, 4) is 0 Å². The van der Waals surface area contributed by atoms with Gasteiger partial charge in [0.25, 0.3) is 0 Å². The lowest BCUT2D eigenvalue weighted by molar-refractivity contribution is -0.148. The van der Waals surface area contributed by atoms with Gasteiger partial charge in [-0.3, -0.25) is 9.59 Å². The fourth-order valence-electron chi connectivity index (χ4n) is 2.17. The Balaban J connectivity index is 2.67. The molecule has 1 unspecified atom stereocenters. The third-order valence-electron chi connectivity index (χ3n) is 2.89. The van der Waals surface area contributed by atoms with Crippen LogP contribution in [0.2, 0.25) is 0 Å². The molecule has 0 heterocycles. The highest BCUT2D eigenvalue weighted by atomic mass is 16.5. The maximum Gasteiger partial charge on any atom is 0.326 e. The number of Topliss-reactive ketones (excluding diaryl/α,β-unsaturated/α-hetero) is 1. The molecule has 0 aromatic rings. The molecule has 4 nitrogen and oxygen atoms in total. The molecule has 0 radical (unpaired) electrons. The second-order valence-electron chi connectivity index (χ2n) is 3.53. The van der Waals surface area contributed by atoms with Crippen LogP contribution >= 0.6 is 0 Å². The van der Waals surface area contributed by atoms with Crippen LogP contribution in [-0.4, -0.2) is 24.0 Å². The number of methoxy groups -OCH3 is 1. The van der Waals surface area contributed by atoms with E-state index in [0.717, 1.165) is 0 Å². The molecule has 0 aromatic heterocycles. The van der Waals surface area contributed by atoms with E-state index in [1.807, 2.05) is 0 Å². The molecule has 2 bridgehead atoms. The van der Waals surface area contributed by atoms with Gasteiger partial charge in [-0.1, -0.05) is 12.2 Å². The predicted octanol–water partition coefficient (Wildman–Crippen LogP) is 1.06. The number of hydrogen-bond acceptors (Lipinski definition) is 3. The van der Waals surface area contributed by atoms with E-state index in [0.29, 0.717) is 16.9 Å². The van der Waals surface area contributed by atoms with Crippen LogP contribution in [0.1, 0.15) is 6.92 Å². The molecule has 0 saturated carbocycles. The fourth-order valence-corrected chi connectivity index (χ4v) is 2.17. The first kappa shape index (κ1) is 9.71. The minimum atomic E-state index is -1.52. The second-order valence-corrected chi connectivity index (χ2v) is 3.53. The predicted molar refractivity (Wildman–Crippen MR) is 52.0 cm³/mol. The van der Waals surface area contributed by atoms with E-state index in [1.165, 1.54) is 14.0 Å². The van der Waals surface area contributed by atoms with Crippen molar-refractivity contribution in [1.82, 2.24) is 0 Å². The molecule has 0 aliphatic heterocycles. The summed E-state index contributed by atoms with van der Waals surface area (Å²) in [6, 6.07) is 0. The fraction of sp³-hybridized carbons (Fsp3) is 0.273. The summed E-state index contributed by atoms with van der Waals surface area (Å²) in [5, 5.41) is 9.24. The van der Waals surface area contributed by atoms with Gasteiger partial charge in [0.15, 0.2) is 11.2 Å². The Bertz CT molecular complexity index is 437. The first-order valence-electron chi connectivity index (χ1n) is 4.48. The molecule has 0 aromatic carbocycles. The quantitative estimate of drug-likeness (QED) is 0.701. The van der Waals surface area contributed by atoms with E-state index in [2.05, 4.69) is 0 Å². The summed E-state index contributed by atoms with van der Waals surface area (Å²) < 4.78 is 5.04. The molecule has 1 N–H and O–H groups in total. The molecule has 0 saturated heterocycles. The van der Waals surface area contributed by atoms with Crippen LogP contribution in [0.15, 0.2) is 35.1 Å². The van der Waals surface area contributed by atoms with Crippen molar-refractivity contribution in [1.29, 1.82) is 0 Å². The number of ether oxygens (including phenoxy) is 1. The highest BCUT2D eigenvalue weighted by molar-refractivity contribution is 6.12. The van der Waals surface area contributed by atoms with Gasteiger partial charge in [-0.2, -0.15) is 0 Å². The van der Waals surface area contributed by atoms with E-state index in [4.69, 9.17) is 4.74 Å². The van der Waals surface area contributed by atoms with Gasteiger partial charge in [0, 0.05) is 5.57 Å². The minimum absolute atomic E-state index is 0.395. The number of aliphatic carboxylic acids is 1. The van der Waals surface area contributed by atoms with Gasteiger partial charge < -0.3 is 9.84 Å². The Morgan fingerprint density at radius 3 is 2.40 bits per heavy atom. The zero-order chi connectivity index (χ0) is 11.2. The van der Waals surface area contributed by atoms with Gasteiger partial charge in [0.05, 0.1) is 7.11 Å². The number of carboxylic acids is 1. The molecule has 4 heteroatoms. The lowest BCUT2D eigenvalue weighted by Crippen LogP contribution is -2.37. The third-order valence-corrected chi connectivity index (χ3v) is 2.89. The number of allylic oxidation sites excluding steroid dienone is 3. The summed E-state index contributed by atoms with van der Waals surface area (Å²) in [6.45, 7) is 1.29. The van der Waals surface area contributed by atoms with Crippen molar-refractivity contribution in [2.45, 2.75) is 6.92 Å². The third kappa shape index (κ3) is 0.909. The zero-order valence-electron chi connectivity index (χ0n) is 8.40. The van der Waals surface area contributed by atoms with Crippen LogP contribution in [0.3, 0.4) is 0 Å². The largest absolute Gasteiger partial charge is 0.496 e. The highest BCUT2D eigenvalue weighted by Crippen LogP contribution is 2.50. The molecule has 78 valence electrons. The van der Waals surface area contributed by atoms with Crippen LogP contribution in [0.4, 0.5) is 0 Å². The summed E-state index contributed by atoms with van der Waals surface area (Å²) in [5.41, 5.74) is -0.611. The van der Waals surface area contributed by atoms with Crippen LogP contribution in [0.25, 0.3) is 0 Å². The first-order valence-corrected chi connectivity index (χ1v) is 4.48. The molecule has 1 atom stereocenters. The van der Waals surface area contributed by atoms with Gasteiger partial charge >= 0.3 is 5.97 Å². The van der Waals surface area contributed by atoms with Crippen LogP contribution in [-0.2, 0) is 14.3 Å². The summed E-state index contributed by atoms with van der Waals surface area (Å²) >= 11 is 0. The van der Waals surface area contributed by atoms with E-state index in [-0.39, 0.29) is 0 Å². The molecule has 0 fully saturated rings. The summed E-state index contributed by atoms with van der Waals surface area (Å²) in [4.78, 5) is 22.9. The van der Waals surface area contributed by atoms with Gasteiger partial charge in [0.2, 0.25) is 0 Å². The molecule has 15 heavy (non-hydrogen) atoms. The summed E-state index contributed by atoms with van der Waals surface area (Å²) in [5.74, 6) is -1.08. The van der Waals surface area contributed by atoms with E-state index >= 15 is 0 Å². The maximum absolute atomic E-state index is 11.6. The van der Waals surface area contributed by atoms with Crippen molar-refractivity contribution < 1.29 is 19.4 Å². The van der Waals surface area contributed by atoms with Crippen molar-refractivity contribution in [2.24, 2.45) is 5.41 Å². The topological polar surface area (TPSA) is 63.6 Å². The second kappa shape index (κ2) is 2.82. The Kier molecular flexibility index (Phi) is 1.83. The average Bonchev–Trinajstić information content (AvgIpc) is 2.69. The van der Waals surface area contributed by atoms with Gasteiger partial charge in [-0.05, 0) is 18.6 Å². The Morgan fingerprint density at radius 2 is 2.07 bits per heavy atom. The molecule has 2 aliphatic carbocycles. The van der Waals surface area contributed by atoms with Crippen molar-refractivity contribution in [3.63, 3.8) is 0 Å². The maximum atomic E-state index is 11.6. The molecule has 0 amide bonds. The SMILES string of the molecule is COC1=C2C=CC(=C1)C2(C(C)=O)C(=O)O. The standard InChI is InChI=1S/C11H10O4/c1-6(12)11(10(13)14)7-3-4-8(11)9(5-7)15-2/h3-5H,1-2H3,(H,13,14). The van der Waals surface area contributed by atoms with Crippen molar-refractivity contribution >= 4 is 11.8 Å². The number of carboxylic acid groups (broad SMARTS) is 1. The number of rotatable bonds is 3. The number of fused-ring (bicyclic) bond motifs is 2. The number of carbonyl (C=O) groups excluding carboxylic acids is 1. The minimum Gasteiger partial charge on any atom is -0.496 e. The summed E-state index contributed by atoms with van der Waals surface area (Å²) in [7, 11) is 1.46. The number of hydrogen-bond donors (Lipinski definition) is 1. The molecular formula is C11H10O4. The normalized spacial score (nSPS) is 26.9. The number of ketones is 1. The Morgan fingerprint density at radius 1 is 1.40 bits per heavy atom. The monoisotopic (exact) mass is 206 g/mol. The molecule has 2 rings (SSSR count). The number of carbonyl (C=O) groups is 2. The molecule has 2 aliphatic rings. The lowest BCUT2D eigenvalue weighted by Gasteiger charge is -2.21. The van der Waals surface area contributed by atoms with Crippen LogP contribution in [0, 0.1) is 5.41 Å². The van der Waals surface area contributed by atoms with E-state index < -0.39 is 17.2 Å². The molecule has 0 spiro atoms. The first-order chi connectivity index (χ1) is 7.05. The lowest BCUT2D eigenvalue weighted by atomic mass is 9.78. The van der Waals surface area contributed by atoms with Gasteiger partial charge in [-0.15, -0.1) is 0 Å². The summed E-state index contributed by atoms with van der Waals surface area (Å²) in [6.07, 6.45) is 4.88. The Hall–Kier alpha value is -1.84. The van der Waals surface area contributed by atoms with Crippen LogP contribution < -0.4 is 0 Å². The molecular weight excluding hydrogens is 196 g/mol. The highest BCUT2D eigenvalue weighted by Gasteiger charge is 2.55.